The molecule has 3 heterocycles. The quantitative estimate of drug-likeness (QED) is 0.881. The molecule has 0 aliphatic carbocycles. The number of aromatic amines is 1. The fourth-order valence-corrected chi connectivity index (χ4v) is 3.06. The summed E-state index contributed by atoms with van der Waals surface area (Å²) in [6.45, 7) is 4.36. The number of hydrogen-bond acceptors (Lipinski definition) is 4. The van der Waals surface area contributed by atoms with E-state index in [2.05, 4.69) is 38.5 Å². The Balaban J connectivity index is 1.55. The first-order chi connectivity index (χ1) is 10.3. The number of piperidine rings is 1. The minimum Gasteiger partial charge on any atom is -0.312 e. The van der Waals surface area contributed by atoms with Gasteiger partial charge in [-0.05, 0) is 51.0 Å². The first-order valence-electron chi connectivity index (χ1n) is 7.65. The maximum Gasteiger partial charge on any atom is 0.0710 e. The summed E-state index contributed by atoms with van der Waals surface area (Å²) >= 11 is 0. The van der Waals surface area contributed by atoms with Crippen LogP contribution < -0.4 is 5.32 Å². The molecule has 21 heavy (non-hydrogen) atoms. The highest BCUT2D eigenvalue weighted by Crippen LogP contribution is 2.20. The number of aromatic nitrogens is 3. The third-order valence-corrected chi connectivity index (χ3v) is 4.14. The van der Waals surface area contributed by atoms with Crippen LogP contribution in [0.3, 0.4) is 0 Å². The zero-order valence-corrected chi connectivity index (χ0v) is 12.5. The van der Waals surface area contributed by atoms with Crippen molar-refractivity contribution in [2.75, 3.05) is 26.7 Å². The summed E-state index contributed by atoms with van der Waals surface area (Å²) in [4.78, 5) is 6.60. The maximum atomic E-state index is 4.17. The topological polar surface area (TPSA) is 56.8 Å². The lowest BCUT2D eigenvalue weighted by Gasteiger charge is -2.29. The summed E-state index contributed by atoms with van der Waals surface area (Å²) in [5.41, 5.74) is 3.35. The third kappa shape index (κ3) is 3.68. The summed E-state index contributed by atoms with van der Waals surface area (Å²) in [6, 6.07) is 4.01. The van der Waals surface area contributed by atoms with Gasteiger partial charge in [0.15, 0.2) is 0 Å². The van der Waals surface area contributed by atoms with Gasteiger partial charge < -0.3 is 10.2 Å². The highest BCUT2D eigenvalue weighted by atomic mass is 15.1. The van der Waals surface area contributed by atoms with Crippen molar-refractivity contribution >= 4 is 0 Å². The maximum absolute atomic E-state index is 4.17. The fraction of sp³-hybridized carbons (Fsp3) is 0.500. The zero-order chi connectivity index (χ0) is 14.5. The summed E-state index contributed by atoms with van der Waals surface area (Å²) < 4.78 is 0. The standard InChI is InChI=1S/C16H23N5/c1-21-7-3-4-13(12-21)8-18-10-15-11-19-20-16(15)14-5-2-6-17-9-14/h2,5-6,9,11,13,18H,3-4,7-8,10,12H2,1H3,(H,19,20). The molecular weight excluding hydrogens is 262 g/mol. The van der Waals surface area contributed by atoms with Crippen LogP contribution in [0.25, 0.3) is 11.3 Å². The Kier molecular flexibility index (Phi) is 4.62. The average molecular weight is 285 g/mol. The van der Waals surface area contributed by atoms with Gasteiger partial charge in [-0.25, -0.2) is 0 Å². The number of nitrogens with zero attached hydrogens (tertiary/aromatic N) is 3. The van der Waals surface area contributed by atoms with Crippen LogP contribution in [-0.2, 0) is 6.54 Å². The van der Waals surface area contributed by atoms with E-state index in [0.29, 0.717) is 0 Å². The van der Waals surface area contributed by atoms with Crippen LogP contribution in [-0.4, -0.2) is 46.8 Å². The molecule has 5 nitrogen and oxygen atoms in total. The van der Waals surface area contributed by atoms with E-state index in [9.17, 15) is 0 Å². The van der Waals surface area contributed by atoms with Crippen molar-refractivity contribution in [3.8, 4) is 11.3 Å². The van der Waals surface area contributed by atoms with Gasteiger partial charge in [0.1, 0.15) is 0 Å². The Hall–Kier alpha value is -1.72. The number of H-pyrrole nitrogens is 1. The van der Waals surface area contributed by atoms with Gasteiger partial charge in [-0.15, -0.1) is 0 Å². The molecule has 2 aromatic heterocycles. The molecule has 0 spiro atoms. The number of rotatable bonds is 5. The van der Waals surface area contributed by atoms with Crippen molar-refractivity contribution in [2.45, 2.75) is 19.4 Å². The Morgan fingerprint density at radius 1 is 1.43 bits per heavy atom. The Morgan fingerprint density at radius 2 is 2.38 bits per heavy atom. The SMILES string of the molecule is CN1CCCC(CNCc2cn[nH]c2-c2cccnc2)C1. The highest BCUT2D eigenvalue weighted by Gasteiger charge is 2.16. The normalized spacial score (nSPS) is 19.8. The largest absolute Gasteiger partial charge is 0.312 e. The lowest BCUT2D eigenvalue weighted by Crippen LogP contribution is -2.37. The van der Waals surface area contributed by atoms with Crippen molar-refractivity contribution in [3.63, 3.8) is 0 Å². The van der Waals surface area contributed by atoms with Crippen LogP contribution in [0.2, 0.25) is 0 Å². The Bertz CT molecular complexity index is 551. The lowest BCUT2D eigenvalue weighted by atomic mass is 9.98. The number of pyridine rings is 1. The second kappa shape index (κ2) is 6.83. The average Bonchev–Trinajstić information content (AvgIpc) is 2.97. The van der Waals surface area contributed by atoms with Gasteiger partial charge in [0.2, 0.25) is 0 Å². The molecule has 0 bridgehead atoms. The number of hydrogen-bond donors (Lipinski definition) is 2. The van der Waals surface area contributed by atoms with Crippen molar-refractivity contribution in [1.82, 2.24) is 25.4 Å². The first-order valence-corrected chi connectivity index (χ1v) is 7.65. The molecule has 0 radical (unpaired) electrons. The second-order valence-electron chi connectivity index (χ2n) is 5.91. The molecule has 2 N–H and O–H groups in total. The smallest absolute Gasteiger partial charge is 0.0710 e. The molecule has 1 unspecified atom stereocenters. The molecule has 1 saturated heterocycles. The van der Waals surface area contributed by atoms with Crippen molar-refractivity contribution in [3.05, 3.63) is 36.3 Å². The Morgan fingerprint density at radius 3 is 3.19 bits per heavy atom. The van der Waals surface area contributed by atoms with Gasteiger partial charge in [-0.2, -0.15) is 5.10 Å². The summed E-state index contributed by atoms with van der Waals surface area (Å²) in [7, 11) is 2.21. The van der Waals surface area contributed by atoms with Crippen LogP contribution >= 0.6 is 0 Å². The molecule has 0 amide bonds. The molecule has 1 atom stereocenters. The predicted molar refractivity (Wildman–Crippen MR) is 83.7 cm³/mol. The van der Waals surface area contributed by atoms with Crippen LogP contribution in [0.4, 0.5) is 0 Å². The monoisotopic (exact) mass is 285 g/mol. The first kappa shape index (κ1) is 14.2. The van der Waals surface area contributed by atoms with Gasteiger partial charge in [0.05, 0.1) is 11.9 Å². The predicted octanol–water partition coefficient (Wildman–Crippen LogP) is 1.90. The number of nitrogens with one attached hydrogen (secondary N) is 2. The van der Waals surface area contributed by atoms with Crippen LogP contribution in [0.1, 0.15) is 18.4 Å². The van der Waals surface area contributed by atoms with Gasteiger partial charge in [0, 0.05) is 36.6 Å². The van der Waals surface area contributed by atoms with E-state index in [1.165, 1.54) is 31.5 Å². The van der Waals surface area contributed by atoms with Gasteiger partial charge in [0.25, 0.3) is 0 Å². The summed E-state index contributed by atoms with van der Waals surface area (Å²) in [5, 5.41) is 10.8. The molecule has 1 aliphatic heterocycles. The van der Waals surface area contributed by atoms with Gasteiger partial charge >= 0.3 is 0 Å². The van der Waals surface area contributed by atoms with Crippen molar-refractivity contribution in [1.29, 1.82) is 0 Å². The minimum atomic E-state index is 0.762. The highest BCUT2D eigenvalue weighted by molar-refractivity contribution is 5.61. The van der Waals surface area contributed by atoms with Crippen LogP contribution in [0.5, 0.6) is 0 Å². The van der Waals surface area contributed by atoms with E-state index in [1.807, 2.05) is 18.5 Å². The molecular formula is C16H23N5. The van der Waals surface area contributed by atoms with Gasteiger partial charge in [-0.3, -0.25) is 10.1 Å². The molecule has 0 aromatic carbocycles. The molecule has 112 valence electrons. The van der Waals surface area contributed by atoms with Gasteiger partial charge in [-0.1, -0.05) is 0 Å². The van der Waals surface area contributed by atoms with E-state index in [0.717, 1.165) is 30.3 Å². The second-order valence-corrected chi connectivity index (χ2v) is 5.91. The van der Waals surface area contributed by atoms with Crippen molar-refractivity contribution in [2.24, 2.45) is 5.92 Å². The zero-order valence-electron chi connectivity index (χ0n) is 12.5. The molecule has 3 rings (SSSR count). The van der Waals surface area contributed by atoms with E-state index in [1.54, 1.807) is 6.20 Å². The molecule has 1 aliphatic rings. The minimum absolute atomic E-state index is 0.762. The van der Waals surface area contributed by atoms with Crippen LogP contribution in [0, 0.1) is 5.92 Å². The lowest BCUT2D eigenvalue weighted by molar-refractivity contribution is 0.206. The number of likely N-dealkylation sites (tertiary alicyclic amines) is 1. The van der Waals surface area contributed by atoms with E-state index in [-0.39, 0.29) is 0 Å². The fourth-order valence-electron chi connectivity index (χ4n) is 3.06. The molecule has 2 aromatic rings. The summed E-state index contributed by atoms with van der Waals surface area (Å²) in [6.07, 6.45) is 8.21. The molecule has 0 saturated carbocycles. The third-order valence-electron chi connectivity index (χ3n) is 4.14. The molecule has 1 fully saturated rings. The Labute approximate surface area is 125 Å². The van der Waals surface area contributed by atoms with Crippen LogP contribution in [0.15, 0.2) is 30.7 Å². The molecule has 5 heteroatoms. The summed E-state index contributed by atoms with van der Waals surface area (Å²) in [5.74, 6) is 0.762. The van der Waals surface area contributed by atoms with E-state index >= 15 is 0 Å². The van der Waals surface area contributed by atoms with E-state index in [4.69, 9.17) is 0 Å². The van der Waals surface area contributed by atoms with Crippen molar-refractivity contribution < 1.29 is 0 Å². The van der Waals surface area contributed by atoms with E-state index < -0.39 is 0 Å².